The minimum atomic E-state index is -0.372. The van der Waals surface area contributed by atoms with Gasteiger partial charge in [-0.05, 0) is 37.0 Å². The zero-order valence-electron chi connectivity index (χ0n) is 18.8. The molecule has 0 spiro atoms. The zero-order valence-corrected chi connectivity index (χ0v) is 19.6. The maximum atomic E-state index is 12.5. The number of hydrogen-bond donors (Lipinski definition) is 2. The van der Waals surface area contributed by atoms with E-state index in [9.17, 15) is 9.59 Å². The van der Waals surface area contributed by atoms with Crippen molar-refractivity contribution in [2.75, 3.05) is 13.7 Å². The summed E-state index contributed by atoms with van der Waals surface area (Å²) in [7, 11) is 1.64. The average Bonchev–Trinajstić information content (AvgIpc) is 3.46. The van der Waals surface area contributed by atoms with Crippen molar-refractivity contribution in [3.63, 3.8) is 0 Å². The first-order valence-corrected chi connectivity index (χ1v) is 12.1. The van der Waals surface area contributed by atoms with Gasteiger partial charge in [0.05, 0.1) is 17.8 Å². The molecule has 33 heavy (non-hydrogen) atoms. The van der Waals surface area contributed by atoms with Gasteiger partial charge in [0.15, 0.2) is 0 Å². The number of hydrogen-bond acceptors (Lipinski definition) is 5. The van der Waals surface area contributed by atoms with Gasteiger partial charge in [0.25, 0.3) is 0 Å². The molecule has 0 radical (unpaired) electrons. The summed E-state index contributed by atoms with van der Waals surface area (Å²) in [4.78, 5) is 29.2. The molecule has 172 valence electrons. The minimum absolute atomic E-state index is 0.00472. The van der Waals surface area contributed by atoms with E-state index < -0.39 is 0 Å². The molecule has 6 nitrogen and oxygen atoms in total. The number of amides is 2. The molecule has 1 atom stereocenters. The van der Waals surface area contributed by atoms with Crippen LogP contribution in [-0.4, -0.2) is 36.0 Å². The van der Waals surface area contributed by atoms with Crippen LogP contribution in [0.4, 0.5) is 0 Å². The van der Waals surface area contributed by atoms with Crippen molar-refractivity contribution >= 4 is 23.2 Å². The molecule has 1 unspecified atom stereocenters. The van der Waals surface area contributed by atoms with Crippen molar-refractivity contribution in [1.82, 2.24) is 15.6 Å². The fourth-order valence-corrected chi connectivity index (χ4v) is 5.04. The SMILES string of the molecule is COc1ccc(CC2(CCC(=O)NCCc3nc(-c4ccccc4)cs3)CCC(=O)N2)cc1. The zero-order chi connectivity index (χ0) is 23.1. The smallest absolute Gasteiger partial charge is 0.220 e. The third-order valence-electron chi connectivity index (χ3n) is 6.05. The van der Waals surface area contributed by atoms with Gasteiger partial charge < -0.3 is 15.4 Å². The summed E-state index contributed by atoms with van der Waals surface area (Å²) in [6.07, 6.45) is 3.65. The number of nitrogens with zero attached hydrogens (tertiary/aromatic N) is 1. The van der Waals surface area contributed by atoms with E-state index in [0.29, 0.717) is 38.6 Å². The Kier molecular flexibility index (Phi) is 7.40. The monoisotopic (exact) mass is 463 g/mol. The number of thiazole rings is 1. The second-order valence-electron chi connectivity index (χ2n) is 8.45. The van der Waals surface area contributed by atoms with Gasteiger partial charge in [-0.2, -0.15) is 0 Å². The van der Waals surface area contributed by atoms with Gasteiger partial charge in [-0.3, -0.25) is 9.59 Å². The summed E-state index contributed by atoms with van der Waals surface area (Å²) in [5.74, 6) is 0.866. The molecule has 2 aromatic carbocycles. The van der Waals surface area contributed by atoms with Crippen LogP contribution in [0.5, 0.6) is 5.75 Å². The van der Waals surface area contributed by atoms with E-state index >= 15 is 0 Å². The van der Waals surface area contributed by atoms with Gasteiger partial charge in [0, 0.05) is 42.3 Å². The Morgan fingerprint density at radius 3 is 2.67 bits per heavy atom. The molecule has 2 heterocycles. The maximum Gasteiger partial charge on any atom is 0.220 e. The van der Waals surface area contributed by atoms with Gasteiger partial charge in [-0.15, -0.1) is 11.3 Å². The molecule has 1 aliphatic rings. The number of benzene rings is 2. The van der Waals surface area contributed by atoms with Crippen molar-refractivity contribution in [2.45, 2.75) is 44.1 Å². The van der Waals surface area contributed by atoms with Gasteiger partial charge >= 0.3 is 0 Å². The molecule has 0 saturated carbocycles. The number of nitrogens with one attached hydrogen (secondary N) is 2. The van der Waals surface area contributed by atoms with E-state index in [-0.39, 0.29) is 17.4 Å². The van der Waals surface area contributed by atoms with Crippen LogP contribution in [0.25, 0.3) is 11.3 Å². The van der Waals surface area contributed by atoms with E-state index in [1.165, 1.54) is 0 Å². The molecular formula is C26H29N3O3S. The predicted molar refractivity (Wildman–Crippen MR) is 130 cm³/mol. The molecule has 1 saturated heterocycles. The normalized spacial score (nSPS) is 17.5. The molecule has 3 aromatic rings. The first kappa shape index (κ1) is 23.0. The largest absolute Gasteiger partial charge is 0.497 e. The van der Waals surface area contributed by atoms with E-state index in [4.69, 9.17) is 4.74 Å². The highest BCUT2D eigenvalue weighted by Crippen LogP contribution is 2.30. The summed E-state index contributed by atoms with van der Waals surface area (Å²) in [6, 6.07) is 18.0. The molecule has 0 aliphatic carbocycles. The van der Waals surface area contributed by atoms with Gasteiger partial charge in [-0.25, -0.2) is 4.98 Å². The van der Waals surface area contributed by atoms with Crippen LogP contribution in [0.15, 0.2) is 60.0 Å². The predicted octanol–water partition coefficient (Wildman–Crippen LogP) is 4.15. The Labute approximate surface area is 198 Å². The quantitative estimate of drug-likeness (QED) is 0.473. The molecular weight excluding hydrogens is 434 g/mol. The first-order chi connectivity index (χ1) is 16.0. The average molecular weight is 464 g/mol. The van der Waals surface area contributed by atoms with Crippen molar-refractivity contribution in [1.29, 1.82) is 0 Å². The second kappa shape index (κ2) is 10.6. The van der Waals surface area contributed by atoms with Crippen LogP contribution < -0.4 is 15.4 Å². The number of methoxy groups -OCH3 is 1. The van der Waals surface area contributed by atoms with Crippen LogP contribution >= 0.6 is 11.3 Å². The Bertz CT molecular complexity index is 1080. The molecule has 7 heteroatoms. The number of ether oxygens (including phenoxy) is 1. The summed E-state index contributed by atoms with van der Waals surface area (Å²) in [5.41, 5.74) is 2.82. The second-order valence-corrected chi connectivity index (χ2v) is 9.39. The third-order valence-corrected chi connectivity index (χ3v) is 6.96. The molecule has 1 aromatic heterocycles. The Hall–Kier alpha value is -3.19. The number of rotatable bonds is 10. The molecule has 1 fully saturated rings. The lowest BCUT2D eigenvalue weighted by molar-refractivity contribution is -0.122. The number of aromatic nitrogens is 1. The fourth-order valence-electron chi connectivity index (χ4n) is 4.23. The summed E-state index contributed by atoms with van der Waals surface area (Å²) in [5, 5.41) is 9.21. The first-order valence-electron chi connectivity index (χ1n) is 11.3. The highest BCUT2D eigenvalue weighted by Gasteiger charge is 2.37. The standard InChI is InChI=1S/C26H29N3O3S/c1-32-21-9-7-19(8-10-21)17-26(15-12-24(31)29-26)14-11-23(30)27-16-13-25-28-22(18-33-25)20-5-3-2-4-6-20/h2-10,18H,11-17H2,1H3,(H,27,30)(H,29,31). The van der Waals surface area contributed by atoms with Crippen molar-refractivity contribution in [3.8, 4) is 17.0 Å². The van der Waals surface area contributed by atoms with Crippen molar-refractivity contribution in [3.05, 3.63) is 70.5 Å². The van der Waals surface area contributed by atoms with E-state index in [1.54, 1.807) is 18.4 Å². The van der Waals surface area contributed by atoms with Crippen LogP contribution in [0.2, 0.25) is 0 Å². The number of carbonyl (C=O) groups excluding carboxylic acids is 2. The minimum Gasteiger partial charge on any atom is -0.497 e. The molecule has 1 aliphatic heterocycles. The summed E-state index contributed by atoms with van der Waals surface area (Å²) < 4.78 is 5.23. The lowest BCUT2D eigenvalue weighted by Gasteiger charge is -2.29. The Balaban J connectivity index is 1.26. The van der Waals surface area contributed by atoms with E-state index in [2.05, 4.69) is 21.0 Å². The van der Waals surface area contributed by atoms with E-state index in [0.717, 1.165) is 34.0 Å². The highest BCUT2D eigenvalue weighted by atomic mass is 32.1. The van der Waals surface area contributed by atoms with Gasteiger partial charge in [0.1, 0.15) is 5.75 Å². The lowest BCUT2D eigenvalue weighted by atomic mass is 9.85. The van der Waals surface area contributed by atoms with Crippen molar-refractivity contribution < 1.29 is 14.3 Å². The molecule has 2 N–H and O–H groups in total. The van der Waals surface area contributed by atoms with Crippen LogP contribution in [-0.2, 0) is 22.4 Å². The van der Waals surface area contributed by atoms with Crippen molar-refractivity contribution in [2.24, 2.45) is 0 Å². The molecule has 4 rings (SSSR count). The van der Waals surface area contributed by atoms with E-state index in [1.807, 2.05) is 54.6 Å². The highest BCUT2D eigenvalue weighted by molar-refractivity contribution is 7.09. The van der Waals surface area contributed by atoms with Gasteiger partial charge in [-0.1, -0.05) is 42.5 Å². The topological polar surface area (TPSA) is 80.3 Å². The third kappa shape index (κ3) is 6.20. The molecule has 0 bridgehead atoms. The summed E-state index contributed by atoms with van der Waals surface area (Å²) >= 11 is 1.61. The molecule has 2 amide bonds. The Morgan fingerprint density at radius 2 is 1.97 bits per heavy atom. The fraction of sp³-hybridized carbons (Fsp3) is 0.346. The van der Waals surface area contributed by atoms with Crippen LogP contribution in [0, 0.1) is 0 Å². The maximum absolute atomic E-state index is 12.5. The summed E-state index contributed by atoms with van der Waals surface area (Å²) in [6.45, 7) is 0.554. The van der Waals surface area contributed by atoms with Gasteiger partial charge in [0.2, 0.25) is 11.8 Å². The van der Waals surface area contributed by atoms with Crippen LogP contribution in [0.1, 0.15) is 36.3 Å². The van der Waals surface area contributed by atoms with Crippen LogP contribution in [0.3, 0.4) is 0 Å². The number of carbonyl (C=O) groups is 2. The Morgan fingerprint density at radius 1 is 1.18 bits per heavy atom. The lowest BCUT2D eigenvalue weighted by Crippen LogP contribution is -2.44.